The number of hydrogen-bond donors (Lipinski definition) is 0. The van der Waals surface area contributed by atoms with E-state index in [-0.39, 0.29) is 5.91 Å². The van der Waals surface area contributed by atoms with Gasteiger partial charge in [0.25, 0.3) is 5.91 Å². The average molecular weight is 474 g/mol. The summed E-state index contributed by atoms with van der Waals surface area (Å²) in [5.41, 5.74) is 1.71. The van der Waals surface area contributed by atoms with Crippen LogP contribution in [0.4, 0.5) is 5.82 Å². The number of nitrogens with zero attached hydrogens (tertiary/aromatic N) is 6. The Hall–Kier alpha value is -2.49. The van der Waals surface area contributed by atoms with E-state index in [0.29, 0.717) is 18.9 Å². The van der Waals surface area contributed by atoms with Crippen LogP contribution in [0.5, 0.6) is 0 Å². The maximum Gasteiger partial charge on any atom is 0.255 e. The molecule has 1 aliphatic rings. The van der Waals surface area contributed by atoms with Crippen LogP contribution in [0.1, 0.15) is 16.1 Å². The Morgan fingerprint density at radius 3 is 2.30 bits per heavy atom. The zero-order valence-electron chi connectivity index (χ0n) is 14.9. The molecule has 1 aromatic carbocycles. The van der Waals surface area contributed by atoms with Crippen molar-refractivity contribution in [1.82, 2.24) is 24.9 Å². The number of carbonyl (C=O) groups excluding carboxylic acids is 1. The molecule has 0 atom stereocenters. The minimum Gasteiger partial charge on any atom is -0.352 e. The van der Waals surface area contributed by atoms with Gasteiger partial charge in [0.05, 0.1) is 11.3 Å². The van der Waals surface area contributed by atoms with Crippen molar-refractivity contribution in [2.45, 2.75) is 6.92 Å². The molecule has 4 rings (SSSR count). The zero-order valence-corrected chi connectivity index (χ0v) is 17.1. The van der Waals surface area contributed by atoms with Gasteiger partial charge in [-0.05, 0) is 59.8 Å². The Balaban J connectivity index is 1.40. The second-order valence-corrected chi connectivity index (χ2v) is 7.57. The van der Waals surface area contributed by atoms with Gasteiger partial charge in [0, 0.05) is 35.9 Å². The van der Waals surface area contributed by atoms with Crippen LogP contribution in [0, 0.1) is 10.5 Å². The number of piperazine rings is 1. The predicted molar refractivity (Wildman–Crippen MR) is 111 cm³/mol. The Kier molecular flexibility index (Phi) is 5.06. The molecule has 0 saturated carbocycles. The Labute approximate surface area is 171 Å². The maximum atomic E-state index is 12.7. The number of aromatic nitrogens is 4. The van der Waals surface area contributed by atoms with Crippen molar-refractivity contribution in [2.75, 3.05) is 31.1 Å². The van der Waals surface area contributed by atoms with Crippen molar-refractivity contribution in [3.8, 4) is 5.82 Å². The first-order chi connectivity index (χ1) is 13.1. The number of anilines is 1. The summed E-state index contributed by atoms with van der Waals surface area (Å²) >= 11 is 2.21. The van der Waals surface area contributed by atoms with Crippen molar-refractivity contribution in [1.29, 1.82) is 0 Å². The van der Waals surface area contributed by atoms with Crippen molar-refractivity contribution >= 4 is 34.3 Å². The van der Waals surface area contributed by atoms with Gasteiger partial charge < -0.3 is 9.80 Å². The van der Waals surface area contributed by atoms with E-state index in [1.54, 1.807) is 4.68 Å². The number of benzene rings is 1. The summed E-state index contributed by atoms with van der Waals surface area (Å²) in [4.78, 5) is 16.8. The van der Waals surface area contributed by atoms with Crippen LogP contribution in [0.3, 0.4) is 0 Å². The molecule has 8 heteroatoms. The molecule has 7 nitrogen and oxygen atoms in total. The summed E-state index contributed by atoms with van der Waals surface area (Å²) in [7, 11) is 0. The lowest BCUT2D eigenvalue weighted by Gasteiger charge is -2.35. The monoisotopic (exact) mass is 474 g/mol. The van der Waals surface area contributed by atoms with E-state index >= 15 is 0 Å². The molecule has 138 valence electrons. The summed E-state index contributed by atoms with van der Waals surface area (Å²) in [6.45, 7) is 4.76. The molecule has 0 N–H and O–H groups in total. The van der Waals surface area contributed by atoms with Gasteiger partial charge in [-0.15, -0.1) is 10.2 Å². The van der Waals surface area contributed by atoms with Crippen LogP contribution >= 0.6 is 22.6 Å². The third-order valence-corrected chi connectivity index (χ3v) is 5.53. The fraction of sp³-hybridized carbons (Fsp3) is 0.263. The standard InChI is InChI=1S/C19H19IN6O/c1-14-8-9-26(23-14)18-7-6-17(21-22-18)24-10-12-25(13-11-24)19(27)15-4-2-3-5-16(15)20/h2-9H,10-13H2,1H3. The number of carbonyl (C=O) groups is 1. The van der Waals surface area contributed by atoms with Gasteiger partial charge in [-0.3, -0.25) is 4.79 Å². The molecule has 0 spiro atoms. The van der Waals surface area contributed by atoms with Gasteiger partial charge in [0.2, 0.25) is 0 Å². The SMILES string of the molecule is Cc1ccn(-c2ccc(N3CCN(C(=O)c4ccccc4I)CC3)nn2)n1. The molecule has 1 aliphatic heterocycles. The highest BCUT2D eigenvalue weighted by molar-refractivity contribution is 14.1. The summed E-state index contributed by atoms with van der Waals surface area (Å²) < 4.78 is 2.70. The number of hydrogen-bond acceptors (Lipinski definition) is 5. The lowest BCUT2D eigenvalue weighted by atomic mass is 10.2. The average Bonchev–Trinajstić information content (AvgIpc) is 3.14. The van der Waals surface area contributed by atoms with Crippen LogP contribution in [-0.2, 0) is 0 Å². The van der Waals surface area contributed by atoms with E-state index in [1.165, 1.54) is 0 Å². The minimum atomic E-state index is 0.0927. The molecule has 27 heavy (non-hydrogen) atoms. The topological polar surface area (TPSA) is 67.2 Å². The summed E-state index contributed by atoms with van der Waals surface area (Å²) in [5.74, 6) is 1.61. The second kappa shape index (κ2) is 7.63. The Morgan fingerprint density at radius 2 is 1.67 bits per heavy atom. The molecule has 0 bridgehead atoms. The van der Waals surface area contributed by atoms with Gasteiger partial charge in [-0.1, -0.05) is 12.1 Å². The Morgan fingerprint density at radius 1 is 0.963 bits per heavy atom. The largest absolute Gasteiger partial charge is 0.352 e. The number of amides is 1. The molecule has 1 amide bonds. The van der Waals surface area contributed by atoms with Crippen LogP contribution in [-0.4, -0.2) is 57.0 Å². The van der Waals surface area contributed by atoms with E-state index in [0.717, 1.165) is 33.7 Å². The van der Waals surface area contributed by atoms with E-state index in [2.05, 4.69) is 42.8 Å². The van der Waals surface area contributed by atoms with Crippen LogP contribution in [0.15, 0.2) is 48.7 Å². The maximum absolute atomic E-state index is 12.7. The summed E-state index contributed by atoms with van der Waals surface area (Å²) in [6, 6.07) is 13.5. The molecule has 3 aromatic rings. The van der Waals surface area contributed by atoms with E-state index in [1.807, 2.05) is 60.5 Å². The van der Waals surface area contributed by atoms with Crippen molar-refractivity contribution in [2.24, 2.45) is 0 Å². The lowest BCUT2D eigenvalue weighted by molar-refractivity contribution is 0.0745. The van der Waals surface area contributed by atoms with Crippen molar-refractivity contribution < 1.29 is 4.79 Å². The van der Waals surface area contributed by atoms with Crippen LogP contribution in [0.2, 0.25) is 0 Å². The van der Waals surface area contributed by atoms with E-state index < -0.39 is 0 Å². The van der Waals surface area contributed by atoms with Crippen molar-refractivity contribution in [3.63, 3.8) is 0 Å². The number of halogens is 1. The van der Waals surface area contributed by atoms with E-state index in [9.17, 15) is 4.79 Å². The smallest absolute Gasteiger partial charge is 0.255 e. The highest BCUT2D eigenvalue weighted by atomic mass is 127. The van der Waals surface area contributed by atoms with Gasteiger partial charge in [0.1, 0.15) is 0 Å². The quantitative estimate of drug-likeness (QED) is 0.546. The van der Waals surface area contributed by atoms with E-state index in [4.69, 9.17) is 0 Å². The summed E-state index contributed by atoms with van der Waals surface area (Å²) in [5, 5.41) is 13.0. The van der Waals surface area contributed by atoms with Gasteiger partial charge >= 0.3 is 0 Å². The molecule has 2 aromatic heterocycles. The molecule has 3 heterocycles. The first kappa shape index (κ1) is 17.9. The number of rotatable bonds is 3. The molecular formula is C19H19IN6O. The second-order valence-electron chi connectivity index (χ2n) is 6.41. The molecule has 1 saturated heterocycles. The first-order valence-electron chi connectivity index (χ1n) is 8.77. The molecular weight excluding hydrogens is 455 g/mol. The van der Waals surface area contributed by atoms with Crippen LogP contribution < -0.4 is 4.90 Å². The summed E-state index contributed by atoms with van der Waals surface area (Å²) in [6.07, 6.45) is 1.87. The first-order valence-corrected chi connectivity index (χ1v) is 9.85. The molecule has 0 radical (unpaired) electrons. The third-order valence-electron chi connectivity index (χ3n) is 4.59. The third kappa shape index (κ3) is 3.80. The van der Waals surface area contributed by atoms with Gasteiger partial charge in [-0.2, -0.15) is 5.10 Å². The fourth-order valence-electron chi connectivity index (χ4n) is 3.10. The van der Waals surface area contributed by atoms with Crippen molar-refractivity contribution in [3.05, 3.63) is 63.5 Å². The molecule has 1 fully saturated rings. The Bertz CT molecular complexity index is 947. The zero-order chi connectivity index (χ0) is 18.8. The minimum absolute atomic E-state index is 0.0927. The molecule has 0 aliphatic carbocycles. The highest BCUT2D eigenvalue weighted by Gasteiger charge is 2.24. The fourth-order valence-corrected chi connectivity index (χ4v) is 3.71. The van der Waals surface area contributed by atoms with Gasteiger partial charge in [-0.25, -0.2) is 4.68 Å². The van der Waals surface area contributed by atoms with Gasteiger partial charge in [0.15, 0.2) is 11.6 Å². The molecule has 0 unspecified atom stereocenters. The van der Waals surface area contributed by atoms with Crippen LogP contribution in [0.25, 0.3) is 5.82 Å². The normalized spacial score (nSPS) is 14.4. The number of aryl methyl sites for hydroxylation is 1. The predicted octanol–water partition coefficient (Wildman–Crippen LogP) is 2.54. The lowest BCUT2D eigenvalue weighted by Crippen LogP contribution is -2.49. The highest BCUT2D eigenvalue weighted by Crippen LogP contribution is 2.18.